The summed E-state index contributed by atoms with van der Waals surface area (Å²) in [5.41, 5.74) is 7.62. The van der Waals surface area contributed by atoms with E-state index in [2.05, 4.69) is 11.8 Å². The van der Waals surface area contributed by atoms with Crippen molar-refractivity contribution in [2.45, 2.75) is 26.8 Å². The molecule has 0 bridgehead atoms. The van der Waals surface area contributed by atoms with Crippen molar-refractivity contribution in [1.82, 2.24) is 4.90 Å². The second-order valence-corrected chi connectivity index (χ2v) is 4.26. The molecule has 18 heavy (non-hydrogen) atoms. The van der Waals surface area contributed by atoms with E-state index in [1.807, 2.05) is 31.2 Å². The summed E-state index contributed by atoms with van der Waals surface area (Å²) in [5.74, 6) is -0.171. The molecule has 0 aliphatic heterocycles. The van der Waals surface area contributed by atoms with E-state index >= 15 is 0 Å². The number of hydrogen-bond donors (Lipinski definition) is 1. The Morgan fingerprint density at radius 1 is 1.39 bits per heavy atom. The van der Waals surface area contributed by atoms with E-state index in [9.17, 15) is 4.79 Å². The van der Waals surface area contributed by atoms with Crippen molar-refractivity contribution in [2.24, 2.45) is 0 Å². The van der Waals surface area contributed by atoms with Crippen molar-refractivity contribution in [3.05, 3.63) is 29.8 Å². The number of nitrogen functional groups attached to an aromatic ring is 1. The maximum Gasteiger partial charge on any atom is 0.320 e. The molecular formula is C14H22N2O2. The van der Waals surface area contributed by atoms with Crippen LogP contribution in [0.2, 0.25) is 0 Å². The van der Waals surface area contributed by atoms with Crippen LogP contribution in [0.25, 0.3) is 0 Å². The number of benzene rings is 1. The van der Waals surface area contributed by atoms with Gasteiger partial charge in [-0.1, -0.05) is 19.1 Å². The van der Waals surface area contributed by atoms with Gasteiger partial charge < -0.3 is 10.5 Å². The Bertz CT molecular complexity index is 380. The van der Waals surface area contributed by atoms with Gasteiger partial charge in [0.1, 0.15) is 0 Å². The summed E-state index contributed by atoms with van der Waals surface area (Å²) in [4.78, 5) is 13.6. The molecule has 2 N–H and O–H groups in total. The fourth-order valence-corrected chi connectivity index (χ4v) is 1.87. The molecule has 1 aromatic carbocycles. The van der Waals surface area contributed by atoms with E-state index in [0.717, 1.165) is 30.8 Å². The zero-order valence-electron chi connectivity index (χ0n) is 11.2. The predicted octanol–water partition coefficient (Wildman–Crippen LogP) is 2.04. The monoisotopic (exact) mass is 250 g/mol. The van der Waals surface area contributed by atoms with E-state index in [-0.39, 0.29) is 5.97 Å². The number of ether oxygens (including phenoxy) is 1. The maximum absolute atomic E-state index is 11.5. The zero-order chi connectivity index (χ0) is 13.4. The molecule has 0 spiro atoms. The molecule has 1 aromatic rings. The smallest absolute Gasteiger partial charge is 0.320 e. The third-order valence-electron chi connectivity index (χ3n) is 2.56. The number of nitrogens with two attached hydrogens (primary N) is 1. The topological polar surface area (TPSA) is 55.6 Å². The van der Waals surface area contributed by atoms with Crippen LogP contribution in [0.1, 0.15) is 25.8 Å². The molecule has 100 valence electrons. The van der Waals surface area contributed by atoms with Crippen LogP contribution >= 0.6 is 0 Å². The average molecular weight is 250 g/mol. The van der Waals surface area contributed by atoms with Gasteiger partial charge in [0.05, 0.1) is 13.2 Å². The van der Waals surface area contributed by atoms with Gasteiger partial charge in [0.15, 0.2) is 0 Å². The minimum absolute atomic E-state index is 0.171. The second-order valence-electron chi connectivity index (χ2n) is 4.26. The number of hydrogen-bond acceptors (Lipinski definition) is 4. The Morgan fingerprint density at radius 3 is 2.78 bits per heavy atom. The minimum atomic E-state index is -0.171. The van der Waals surface area contributed by atoms with Crippen molar-refractivity contribution >= 4 is 11.7 Å². The molecule has 1 rings (SSSR count). The molecule has 0 unspecified atom stereocenters. The van der Waals surface area contributed by atoms with Gasteiger partial charge in [0.25, 0.3) is 0 Å². The lowest BCUT2D eigenvalue weighted by Crippen LogP contribution is -2.31. The molecule has 0 saturated heterocycles. The van der Waals surface area contributed by atoms with Crippen LogP contribution in [0.3, 0.4) is 0 Å². The van der Waals surface area contributed by atoms with Gasteiger partial charge in [-0.3, -0.25) is 9.69 Å². The van der Waals surface area contributed by atoms with Crippen LogP contribution < -0.4 is 5.73 Å². The highest BCUT2D eigenvalue weighted by Gasteiger charge is 2.11. The third kappa shape index (κ3) is 5.19. The fraction of sp³-hybridized carbons (Fsp3) is 0.500. The largest absolute Gasteiger partial charge is 0.465 e. The molecule has 0 saturated carbocycles. The first-order valence-electron chi connectivity index (χ1n) is 6.38. The normalized spacial score (nSPS) is 10.6. The summed E-state index contributed by atoms with van der Waals surface area (Å²) in [6.45, 7) is 6.26. The van der Waals surface area contributed by atoms with Gasteiger partial charge in [-0.15, -0.1) is 0 Å². The Labute approximate surface area is 109 Å². The standard InChI is InChI=1S/C14H22N2O2/c1-3-8-16(11-14(17)18-4-2)10-12-6-5-7-13(15)9-12/h5-7,9H,3-4,8,10-11,15H2,1-2H3. The van der Waals surface area contributed by atoms with Crippen molar-refractivity contribution in [3.63, 3.8) is 0 Å². The molecule has 0 aliphatic carbocycles. The lowest BCUT2D eigenvalue weighted by Gasteiger charge is -2.20. The van der Waals surface area contributed by atoms with Gasteiger partial charge in [0, 0.05) is 12.2 Å². The van der Waals surface area contributed by atoms with Crippen LogP contribution in [0, 0.1) is 0 Å². The van der Waals surface area contributed by atoms with Gasteiger partial charge >= 0.3 is 5.97 Å². The molecule has 0 heterocycles. The highest BCUT2D eigenvalue weighted by Crippen LogP contribution is 2.10. The first kappa shape index (κ1) is 14.5. The number of esters is 1. The number of anilines is 1. The summed E-state index contributed by atoms with van der Waals surface area (Å²) >= 11 is 0. The van der Waals surface area contributed by atoms with Crippen molar-refractivity contribution in [1.29, 1.82) is 0 Å². The van der Waals surface area contributed by atoms with Gasteiger partial charge in [-0.25, -0.2) is 0 Å². The van der Waals surface area contributed by atoms with Crippen molar-refractivity contribution in [3.8, 4) is 0 Å². The predicted molar refractivity (Wildman–Crippen MR) is 73.1 cm³/mol. The first-order chi connectivity index (χ1) is 8.65. The molecule has 4 nitrogen and oxygen atoms in total. The molecule has 0 atom stereocenters. The van der Waals surface area contributed by atoms with E-state index in [4.69, 9.17) is 10.5 Å². The highest BCUT2D eigenvalue weighted by molar-refractivity contribution is 5.71. The summed E-state index contributed by atoms with van der Waals surface area (Å²) in [6, 6.07) is 7.75. The second kappa shape index (κ2) is 7.71. The van der Waals surface area contributed by atoms with Gasteiger partial charge in [-0.05, 0) is 37.6 Å². The van der Waals surface area contributed by atoms with E-state index in [1.165, 1.54) is 0 Å². The van der Waals surface area contributed by atoms with Crippen molar-refractivity contribution in [2.75, 3.05) is 25.4 Å². The molecule has 4 heteroatoms. The van der Waals surface area contributed by atoms with Gasteiger partial charge in [0.2, 0.25) is 0 Å². The maximum atomic E-state index is 11.5. The van der Waals surface area contributed by atoms with Crippen LogP contribution in [-0.2, 0) is 16.1 Å². The number of carbonyl (C=O) groups excluding carboxylic acids is 1. The van der Waals surface area contributed by atoms with E-state index in [0.29, 0.717) is 13.2 Å². The summed E-state index contributed by atoms with van der Waals surface area (Å²) < 4.78 is 4.97. The minimum Gasteiger partial charge on any atom is -0.465 e. The van der Waals surface area contributed by atoms with Crippen molar-refractivity contribution < 1.29 is 9.53 Å². The summed E-state index contributed by atoms with van der Waals surface area (Å²) in [5, 5.41) is 0. The van der Waals surface area contributed by atoms with Crippen LogP contribution in [0.15, 0.2) is 24.3 Å². The lowest BCUT2D eigenvalue weighted by atomic mass is 10.2. The molecule has 0 aromatic heterocycles. The number of carbonyl (C=O) groups is 1. The van der Waals surface area contributed by atoms with Gasteiger partial charge in [-0.2, -0.15) is 0 Å². The quantitative estimate of drug-likeness (QED) is 0.594. The number of rotatable bonds is 7. The fourth-order valence-electron chi connectivity index (χ4n) is 1.87. The highest BCUT2D eigenvalue weighted by atomic mass is 16.5. The Balaban J connectivity index is 2.59. The summed E-state index contributed by atoms with van der Waals surface area (Å²) in [6.07, 6.45) is 1.00. The Hall–Kier alpha value is -1.55. The summed E-state index contributed by atoms with van der Waals surface area (Å²) in [7, 11) is 0. The SMILES string of the molecule is CCCN(CC(=O)OCC)Cc1cccc(N)c1. The van der Waals surface area contributed by atoms with E-state index in [1.54, 1.807) is 0 Å². The molecule has 0 aliphatic rings. The Morgan fingerprint density at radius 2 is 2.17 bits per heavy atom. The van der Waals surface area contributed by atoms with Crippen LogP contribution in [0.5, 0.6) is 0 Å². The average Bonchev–Trinajstić information content (AvgIpc) is 2.29. The van der Waals surface area contributed by atoms with E-state index < -0.39 is 0 Å². The molecule has 0 radical (unpaired) electrons. The third-order valence-corrected chi connectivity index (χ3v) is 2.56. The first-order valence-corrected chi connectivity index (χ1v) is 6.38. The molecular weight excluding hydrogens is 228 g/mol. The lowest BCUT2D eigenvalue weighted by molar-refractivity contribution is -0.144. The molecule has 0 amide bonds. The number of nitrogens with zero attached hydrogens (tertiary/aromatic N) is 1. The zero-order valence-corrected chi connectivity index (χ0v) is 11.2. The van der Waals surface area contributed by atoms with Crippen LogP contribution in [-0.4, -0.2) is 30.6 Å². The van der Waals surface area contributed by atoms with Crippen LogP contribution in [0.4, 0.5) is 5.69 Å². The molecule has 0 fully saturated rings. The Kier molecular flexibility index (Phi) is 6.22.